The SMILES string of the molecule is O=C1CCC(Nc2ncc(Br)cc2[N+](=O)[O-])C(=O)N1. The van der Waals surface area contributed by atoms with Crippen molar-refractivity contribution in [2.75, 3.05) is 5.32 Å². The van der Waals surface area contributed by atoms with Crippen LogP contribution in [0.5, 0.6) is 0 Å². The second-order valence-electron chi connectivity index (χ2n) is 3.93. The Balaban J connectivity index is 2.21. The molecule has 100 valence electrons. The minimum absolute atomic E-state index is 0.00250. The number of rotatable bonds is 3. The summed E-state index contributed by atoms with van der Waals surface area (Å²) in [5.41, 5.74) is -0.237. The summed E-state index contributed by atoms with van der Waals surface area (Å²) in [6.07, 6.45) is 1.86. The fourth-order valence-electron chi connectivity index (χ4n) is 1.68. The van der Waals surface area contributed by atoms with Gasteiger partial charge >= 0.3 is 5.69 Å². The van der Waals surface area contributed by atoms with E-state index >= 15 is 0 Å². The third-order valence-electron chi connectivity index (χ3n) is 2.58. The summed E-state index contributed by atoms with van der Waals surface area (Å²) in [6.45, 7) is 0. The molecule has 8 nitrogen and oxygen atoms in total. The zero-order chi connectivity index (χ0) is 14.0. The maximum Gasteiger partial charge on any atom is 0.312 e. The number of carbonyl (C=O) groups excluding carboxylic acids is 2. The Hall–Kier alpha value is -2.03. The number of hydrogen-bond donors (Lipinski definition) is 2. The molecule has 19 heavy (non-hydrogen) atoms. The zero-order valence-electron chi connectivity index (χ0n) is 9.55. The molecular formula is C10H9BrN4O4. The summed E-state index contributed by atoms with van der Waals surface area (Å²) in [5, 5.41) is 15.8. The lowest BCUT2D eigenvalue weighted by molar-refractivity contribution is -0.384. The smallest absolute Gasteiger partial charge is 0.312 e. The van der Waals surface area contributed by atoms with E-state index in [1.807, 2.05) is 0 Å². The maximum atomic E-state index is 11.6. The van der Waals surface area contributed by atoms with Crippen molar-refractivity contribution < 1.29 is 14.5 Å². The summed E-state index contributed by atoms with van der Waals surface area (Å²) in [7, 11) is 0. The first kappa shape index (κ1) is 13.4. The molecule has 2 heterocycles. The van der Waals surface area contributed by atoms with Crippen LogP contribution < -0.4 is 10.6 Å². The lowest BCUT2D eigenvalue weighted by Crippen LogP contribution is -2.47. The van der Waals surface area contributed by atoms with E-state index in [1.54, 1.807) is 0 Å². The highest BCUT2D eigenvalue weighted by Gasteiger charge is 2.29. The van der Waals surface area contributed by atoms with E-state index in [-0.39, 0.29) is 30.3 Å². The van der Waals surface area contributed by atoms with Crippen LogP contribution in [0, 0.1) is 10.1 Å². The number of amides is 2. The lowest BCUT2D eigenvalue weighted by Gasteiger charge is -2.22. The molecule has 1 atom stereocenters. The van der Waals surface area contributed by atoms with E-state index in [0.29, 0.717) is 4.47 Å². The summed E-state index contributed by atoms with van der Waals surface area (Å²) in [6, 6.07) is 0.589. The third-order valence-corrected chi connectivity index (χ3v) is 3.01. The van der Waals surface area contributed by atoms with Gasteiger partial charge in [-0.15, -0.1) is 0 Å². The number of pyridine rings is 1. The van der Waals surface area contributed by atoms with Crippen molar-refractivity contribution in [1.29, 1.82) is 0 Å². The average Bonchev–Trinajstić information content (AvgIpc) is 2.34. The van der Waals surface area contributed by atoms with Crippen LogP contribution >= 0.6 is 15.9 Å². The highest BCUT2D eigenvalue weighted by atomic mass is 79.9. The first-order chi connectivity index (χ1) is 8.97. The molecule has 9 heteroatoms. The van der Waals surface area contributed by atoms with Crippen molar-refractivity contribution in [2.45, 2.75) is 18.9 Å². The number of anilines is 1. The van der Waals surface area contributed by atoms with Crippen LogP contribution in [0.1, 0.15) is 12.8 Å². The normalized spacial score (nSPS) is 18.9. The molecule has 0 aromatic carbocycles. The number of nitrogens with zero attached hydrogens (tertiary/aromatic N) is 2. The molecule has 2 N–H and O–H groups in total. The van der Waals surface area contributed by atoms with Crippen LogP contribution in [-0.2, 0) is 9.59 Å². The number of nitrogens with one attached hydrogen (secondary N) is 2. The number of carbonyl (C=O) groups is 2. The molecule has 1 aromatic heterocycles. The van der Waals surface area contributed by atoms with E-state index in [1.165, 1.54) is 12.3 Å². The van der Waals surface area contributed by atoms with Gasteiger partial charge in [0.15, 0.2) is 0 Å². The molecule has 1 saturated heterocycles. The van der Waals surface area contributed by atoms with Crippen molar-refractivity contribution in [2.24, 2.45) is 0 Å². The Morgan fingerprint density at radius 2 is 2.26 bits per heavy atom. The van der Waals surface area contributed by atoms with Crippen molar-refractivity contribution in [3.8, 4) is 0 Å². The van der Waals surface area contributed by atoms with Gasteiger partial charge in [-0.25, -0.2) is 4.98 Å². The largest absolute Gasteiger partial charge is 0.353 e. The third kappa shape index (κ3) is 3.05. The molecular weight excluding hydrogens is 320 g/mol. The minimum Gasteiger partial charge on any atom is -0.353 e. The molecule has 1 fully saturated rings. The predicted octanol–water partition coefficient (Wildman–Crippen LogP) is 0.969. The predicted molar refractivity (Wildman–Crippen MR) is 68.4 cm³/mol. The Kier molecular flexibility index (Phi) is 3.74. The number of nitro groups is 1. The van der Waals surface area contributed by atoms with E-state index < -0.39 is 16.9 Å². The lowest BCUT2D eigenvalue weighted by atomic mass is 10.1. The minimum atomic E-state index is -0.704. The van der Waals surface area contributed by atoms with Gasteiger partial charge in [-0.3, -0.25) is 25.0 Å². The fraction of sp³-hybridized carbons (Fsp3) is 0.300. The van der Waals surface area contributed by atoms with E-state index in [4.69, 9.17) is 0 Å². The summed E-state index contributed by atoms with van der Waals surface area (Å²) in [4.78, 5) is 36.7. The monoisotopic (exact) mass is 328 g/mol. The van der Waals surface area contributed by atoms with E-state index in [0.717, 1.165) is 0 Å². The van der Waals surface area contributed by atoms with Gasteiger partial charge in [0, 0.05) is 23.2 Å². The quantitative estimate of drug-likeness (QED) is 0.485. The molecule has 0 bridgehead atoms. The van der Waals surface area contributed by atoms with Crippen LogP contribution in [0.3, 0.4) is 0 Å². The number of halogens is 1. The van der Waals surface area contributed by atoms with Crippen LogP contribution in [0.25, 0.3) is 0 Å². The van der Waals surface area contributed by atoms with Gasteiger partial charge in [0.05, 0.1) is 4.92 Å². The molecule has 0 radical (unpaired) electrons. The molecule has 0 saturated carbocycles. The zero-order valence-corrected chi connectivity index (χ0v) is 11.1. The molecule has 1 aliphatic rings. The van der Waals surface area contributed by atoms with Crippen LogP contribution in [0.4, 0.5) is 11.5 Å². The van der Waals surface area contributed by atoms with Gasteiger partial charge in [0.1, 0.15) is 6.04 Å². The van der Waals surface area contributed by atoms with E-state index in [2.05, 4.69) is 31.5 Å². The average molecular weight is 329 g/mol. The van der Waals surface area contributed by atoms with Crippen molar-refractivity contribution in [1.82, 2.24) is 10.3 Å². The molecule has 0 aliphatic carbocycles. The van der Waals surface area contributed by atoms with Gasteiger partial charge < -0.3 is 5.32 Å². The highest BCUT2D eigenvalue weighted by molar-refractivity contribution is 9.10. The van der Waals surface area contributed by atoms with Crippen molar-refractivity contribution >= 4 is 39.2 Å². The Morgan fingerprint density at radius 1 is 1.53 bits per heavy atom. The summed E-state index contributed by atoms with van der Waals surface area (Å²) >= 11 is 3.09. The Labute approximate surface area is 115 Å². The van der Waals surface area contributed by atoms with Gasteiger partial charge in [0.2, 0.25) is 17.6 Å². The first-order valence-electron chi connectivity index (χ1n) is 5.37. The molecule has 1 aliphatic heterocycles. The van der Waals surface area contributed by atoms with Gasteiger partial charge in [-0.2, -0.15) is 0 Å². The van der Waals surface area contributed by atoms with Crippen LogP contribution in [-0.4, -0.2) is 27.8 Å². The molecule has 1 unspecified atom stereocenters. The van der Waals surface area contributed by atoms with Gasteiger partial charge in [-0.05, 0) is 22.4 Å². The topological polar surface area (TPSA) is 114 Å². The molecule has 2 rings (SSSR count). The molecule has 0 spiro atoms. The number of imide groups is 1. The number of piperidine rings is 1. The molecule has 2 amide bonds. The second kappa shape index (κ2) is 5.31. The summed E-state index contributed by atoms with van der Waals surface area (Å²) < 4.78 is 0.466. The van der Waals surface area contributed by atoms with E-state index in [9.17, 15) is 19.7 Å². The van der Waals surface area contributed by atoms with Gasteiger partial charge in [-0.1, -0.05) is 0 Å². The Bertz CT molecular complexity index is 562. The van der Waals surface area contributed by atoms with Crippen molar-refractivity contribution in [3.05, 3.63) is 26.9 Å². The summed E-state index contributed by atoms with van der Waals surface area (Å²) in [5.74, 6) is -0.848. The van der Waals surface area contributed by atoms with Crippen molar-refractivity contribution in [3.63, 3.8) is 0 Å². The standard InChI is InChI=1S/C10H9BrN4O4/c11-5-3-7(15(18)19)9(12-4-5)13-6-1-2-8(16)14-10(6)17/h3-4,6H,1-2H2,(H,12,13)(H,14,16,17). The highest BCUT2D eigenvalue weighted by Crippen LogP contribution is 2.26. The van der Waals surface area contributed by atoms with Gasteiger partial charge in [0.25, 0.3) is 0 Å². The molecule has 1 aromatic rings. The first-order valence-corrected chi connectivity index (χ1v) is 6.17. The number of hydrogen-bond acceptors (Lipinski definition) is 6. The second-order valence-corrected chi connectivity index (χ2v) is 4.84. The van der Waals surface area contributed by atoms with Crippen LogP contribution in [0.15, 0.2) is 16.7 Å². The fourth-order valence-corrected chi connectivity index (χ4v) is 1.99. The number of aromatic nitrogens is 1. The Morgan fingerprint density at radius 3 is 2.89 bits per heavy atom. The van der Waals surface area contributed by atoms with Crippen LogP contribution in [0.2, 0.25) is 0 Å². The maximum absolute atomic E-state index is 11.6.